The van der Waals surface area contributed by atoms with Crippen molar-refractivity contribution in [2.24, 2.45) is 0 Å². The largest absolute Gasteiger partial charge is 0.504 e. The Hall–Kier alpha value is -1.91. The number of nitrogens with two attached hydrogens (primary N) is 1. The van der Waals surface area contributed by atoms with Gasteiger partial charge in [-0.15, -0.1) is 0 Å². The van der Waals surface area contributed by atoms with E-state index in [0.29, 0.717) is 6.42 Å². The van der Waals surface area contributed by atoms with Crippen molar-refractivity contribution in [2.45, 2.75) is 13.3 Å². The first-order valence-corrected chi connectivity index (χ1v) is 4.05. The molecule has 0 atom stereocenters. The lowest BCUT2D eigenvalue weighted by atomic mass is 10.0. The highest BCUT2D eigenvalue weighted by Gasteiger charge is 2.17. The summed E-state index contributed by atoms with van der Waals surface area (Å²) in [7, 11) is 0. The van der Waals surface area contributed by atoms with Crippen molar-refractivity contribution < 1.29 is 20.1 Å². The predicted molar refractivity (Wildman–Crippen MR) is 50.5 cm³/mol. The molecule has 0 aliphatic heterocycles. The van der Waals surface area contributed by atoms with E-state index in [2.05, 4.69) is 0 Å². The van der Waals surface area contributed by atoms with Gasteiger partial charge in [0.15, 0.2) is 11.5 Å². The third-order valence-corrected chi connectivity index (χ3v) is 2.01. The van der Waals surface area contributed by atoms with E-state index in [1.165, 1.54) is 0 Å². The summed E-state index contributed by atoms with van der Waals surface area (Å²) in [4.78, 5) is 10.7. The van der Waals surface area contributed by atoms with Crippen molar-refractivity contribution in [1.29, 1.82) is 0 Å². The van der Waals surface area contributed by atoms with Crippen molar-refractivity contribution in [2.75, 3.05) is 5.73 Å². The number of benzene rings is 1. The van der Waals surface area contributed by atoms with E-state index >= 15 is 0 Å². The van der Waals surface area contributed by atoms with Crippen LogP contribution >= 0.6 is 0 Å². The van der Waals surface area contributed by atoms with E-state index in [1.807, 2.05) is 0 Å². The van der Waals surface area contributed by atoms with Gasteiger partial charge in [0.05, 0.1) is 11.3 Å². The minimum absolute atomic E-state index is 0.00435. The fourth-order valence-corrected chi connectivity index (χ4v) is 1.26. The van der Waals surface area contributed by atoms with Crippen molar-refractivity contribution in [3.8, 4) is 11.5 Å². The number of carboxylic acid groups (broad SMARTS) is 1. The topological polar surface area (TPSA) is 104 Å². The summed E-state index contributed by atoms with van der Waals surface area (Å²) in [6.07, 6.45) is 0.354. The van der Waals surface area contributed by atoms with E-state index in [0.717, 1.165) is 6.07 Å². The van der Waals surface area contributed by atoms with Crippen molar-refractivity contribution >= 4 is 11.7 Å². The highest BCUT2D eigenvalue weighted by atomic mass is 16.4. The van der Waals surface area contributed by atoms with Crippen LogP contribution in [0.15, 0.2) is 6.07 Å². The number of hydrogen-bond donors (Lipinski definition) is 4. The number of phenolic OH excluding ortho intramolecular Hbond substituents is 2. The Morgan fingerprint density at radius 2 is 2.07 bits per heavy atom. The van der Waals surface area contributed by atoms with Gasteiger partial charge in [0, 0.05) is 11.6 Å². The number of rotatable bonds is 2. The van der Waals surface area contributed by atoms with Crippen LogP contribution in [0.4, 0.5) is 5.69 Å². The number of hydrogen-bond acceptors (Lipinski definition) is 4. The van der Waals surface area contributed by atoms with Gasteiger partial charge in [-0.3, -0.25) is 0 Å². The average molecular weight is 197 g/mol. The number of aromatic carboxylic acids is 1. The quantitative estimate of drug-likeness (QED) is 0.321. The van der Waals surface area contributed by atoms with Crippen molar-refractivity contribution in [3.05, 3.63) is 17.2 Å². The van der Waals surface area contributed by atoms with E-state index in [4.69, 9.17) is 10.8 Å². The SMILES string of the molecule is CCc1c(N)c(C(=O)O)cc(O)c1O. The molecule has 76 valence electrons. The van der Waals surface area contributed by atoms with E-state index in [-0.39, 0.29) is 22.6 Å². The normalized spacial score (nSPS) is 10.1. The lowest BCUT2D eigenvalue weighted by Crippen LogP contribution is -2.05. The maximum Gasteiger partial charge on any atom is 0.337 e. The molecule has 0 unspecified atom stereocenters. The van der Waals surface area contributed by atoms with Gasteiger partial charge in [-0.25, -0.2) is 4.79 Å². The van der Waals surface area contributed by atoms with Crippen LogP contribution in [-0.2, 0) is 6.42 Å². The van der Waals surface area contributed by atoms with Crippen molar-refractivity contribution in [1.82, 2.24) is 0 Å². The molecule has 14 heavy (non-hydrogen) atoms. The number of carbonyl (C=O) groups is 1. The number of nitrogen functional groups attached to an aromatic ring is 1. The van der Waals surface area contributed by atoms with Gasteiger partial charge in [0.2, 0.25) is 0 Å². The minimum atomic E-state index is -1.23. The monoisotopic (exact) mass is 197 g/mol. The molecule has 1 aromatic carbocycles. The molecule has 0 aliphatic rings. The van der Waals surface area contributed by atoms with E-state index < -0.39 is 11.7 Å². The van der Waals surface area contributed by atoms with Crippen LogP contribution in [0.1, 0.15) is 22.8 Å². The van der Waals surface area contributed by atoms with Gasteiger partial charge >= 0.3 is 5.97 Å². The molecule has 0 saturated carbocycles. The molecule has 1 rings (SSSR count). The summed E-state index contributed by atoms with van der Waals surface area (Å²) in [6.45, 7) is 1.70. The Labute approximate surface area is 80.4 Å². The molecule has 0 aliphatic carbocycles. The van der Waals surface area contributed by atoms with Gasteiger partial charge in [-0.1, -0.05) is 6.92 Å². The number of carboxylic acids is 1. The second kappa shape index (κ2) is 3.45. The Bertz CT molecular complexity index is 387. The van der Waals surface area contributed by atoms with Crippen LogP contribution in [0.5, 0.6) is 11.5 Å². The van der Waals surface area contributed by atoms with Gasteiger partial charge in [0.1, 0.15) is 0 Å². The van der Waals surface area contributed by atoms with Gasteiger partial charge in [-0.05, 0) is 6.42 Å². The minimum Gasteiger partial charge on any atom is -0.504 e. The molecule has 0 amide bonds. The number of aromatic hydroxyl groups is 2. The highest BCUT2D eigenvalue weighted by molar-refractivity contribution is 5.95. The molecular weight excluding hydrogens is 186 g/mol. The Morgan fingerprint density at radius 3 is 2.50 bits per heavy atom. The van der Waals surface area contributed by atoms with Gasteiger partial charge in [-0.2, -0.15) is 0 Å². The summed E-state index contributed by atoms with van der Waals surface area (Å²) in [5.74, 6) is -2.05. The fraction of sp³-hybridized carbons (Fsp3) is 0.222. The zero-order valence-electron chi connectivity index (χ0n) is 7.61. The summed E-state index contributed by atoms with van der Waals surface area (Å²) in [5, 5.41) is 27.3. The van der Waals surface area contributed by atoms with Crippen LogP contribution in [0.2, 0.25) is 0 Å². The molecule has 0 heterocycles. The number of anilines is 1. The zero-order chi connectivity index (χ0) is 10.9. The molecule has 0 aromatic heterocycles. The first kappa shape index (κ1) is 10.2. The smallest absolute Gasteiger partial charge is 0.337 e. The molecule has 5 heteroatoms. The maximum absolute atomic E-state index is 10.7. The first-order chi connectivity index (χ1) is 6.49. The molecule has 1 aromatic rings. The predicted octanol–water partition coefficient (Wildman–Crippen LogP) is 0.941. The Morgan fingerprint density at radius 1 is 1.50 bits per heavy atom. The van der Waals surface area contributed by atoms with Gasteiger partial charge in [0.25, 0.3) is 0 Å². The molecule has 0 saturated heterocycles. The van der Waals surface area contributed by atoms with Crippen LogP contribution < -0.4 is 5.73 Å². The molecule has 0 fully saturated rings. The zero-order valence-corrected chi connectivity index (χ0v) is 7.61. The highest BCUT2D eigenvalue weighted by Crippen LogP contribution is 2.36. The van der Waals surface area contributed by atoms with Crippen LogP contribution in [0, 0.1) is 0 Å². The average Bonchev–Trinajstić information content (AvgIpc) is 2.12. The summed E-state index contributed by atoms with van der Waals surface area (Å²) >= 11 is 0. The summed E-state index contributed by atoms with van der Waals surface area (Å²) < 4.78 is 0. The standard InChI is InChI=1S/C9H11NO4/c1-2-4-7(10)5(9(13)14)3-6(11)8(4)12/h3,11-12H,2,10H2,1H3,(H,13,14). The summed E-state index contributed by atoms with van der Waals surface area (Å²) in [5.41, 5.74) is 5.56. The van der Waals surface area contributed by atoms with Crippen LogP contribution in [-0.4, -0.2) is 21.3 Å². The third kappa shape index (κ3) is 1.44. The van der Waals surface area contributed by atoms with E-state index in [1.54, 1.807) is 6.92 Å². The molecular formula is C9H11NO4. The molecule has 0 radical (unpaired) electrons. The lowest BCUT2D eigenvalue weighted by molar-refractivity contribution is 0.0697. The van der Waals surface area contributed by atoms with Crippen LogP contribution in [0.25, 0.3) is 0 Å². The lowest BCUT2D eigenvalue weighted by Gasteiger charge is -2.10. The Balaban J connectivity index is 3.50. The van der Waals surface area contributed by atoms with Gasteiger partial charge < -0.3 is 21.1 Å². The third-order valence-electron chi connectivity index (χ3n) is 2.01. The molecule has 5 nitrogen and oxygen atoms in total. The first-order valence-electron chi connectivity index (χ1n) is 4.05. The molecule has 0 bridgehead atoms. The second-order valence-corrected chi connectivity index (χ2v) is 2.84. The van der Waals surface area contributed by atoms with Crippen LogP contribution in [0.3, 0.4) is 0 Å². The summed E-state index contributed by atoms with van der Waals surface area (Å²) in [6, 6.07) is 0.937. The fourth-order valence-electron chi connectivity index (χ4n) is 1.26. The molecule has 0 spiro atoms. The second-order valence-electron chi connectivity index (χ2n) is 2.84. The number of phenols is 2. The molecule has 5 N–H and O–H groups in total. The van der Waals surface area contributed by atoms with Crippen molar-refractivity contribution in [3.63, 3.8) is 0 Å². The maximum atomic E-state index is 10.7. The Kier molecular flexibility index (Phi) is 2.51. The van der Waals surface area contributed by atoms with E-state index in [9.17, 15) is 15.0 Å².